The Morgan fingerprint density at radius 3 is 2.13 bits per heavy atom. The molecule has 3 aliphatic rings. The summed E-state index contributed by atoms with van der Waals surface area (Å²) in [4.78, 5) is 24.7. The molecule has 2 fully saturated rings. The van der Waals surface area contributed by atoms with E-state index in [1.54, 1.807) is 0 Å². The predicted molar refractivity (Wildman–Crippen MR) is 48.3 cm³/mol. The molecule has 0 aromatic carbocycles. The third-order valence-electron chi connectivity index (χ3n) is 3.32. The number of imide groups is 1. The van der Waals surface area contributed by atoms with Gasteiger partial charge in [-0.25, -0.2) is 0 Å². The van der Waals surface area contributed by atoms with Crippen molar-refractivity contribution in [1.29, 1.82) is 0 Å². The van der Waals surface area contributed by atoms with E-state index in [4.69, 9.17) is 4.74 Å². The van der Waals surface area contributed by atoms with E-state index >= 15 is 0 Å². The molecule has 5 unspecified atom stereocenters. The Labute approximate surface area is 86.3 Å². The lowest BCUT2D eigenvalue weighted by Gasteiger charge is -2.19. The molecule has 2 amide bonds. The van der Waals surface area contributed by atoms with Gasteiger partial charge in [0, 0.05) is 0 Å². The molecule has 0 saturated carbocycles. The molecule has 2 bridgehead atoms. The number of ether oxygens (including phenoxy) is 1. The van der Waals surface area contributed by atoms with Crippen LogP contribution in [0.15, 0.2) is 12.2 Å². The monoisotopic (exact) mass is 209 g/mol. The van der Waals surface area contributed by atoms with Gasteiger partial charge in [-0.3, -0.25) is 14.5 Å². The fourth-order valence-electron chi connectivity index (χ4n) is 2.69. The number of hydrogen-bond donors (Lipinski definition) is 1. The normalized spacial score (nSPS) is 44.0. The van der Waals surface area contributed by atoms with Crippen molar-refractivity contribution < 1.29 is 19.4 Å². The average molecular weight is 209 g/mol. The summed E-state index contributed by atoms with van der Waals surface area (Å²) in [6.45, 7) is 1.42. The van der Waals surface area contributed by atoms with Gasteiger partial charge in [-0.05, 0) is 6.92 Å². The van der Waals surface area contributed by atoms with E-state index in [1.165, 1.54) is 6.92 Å². The van der Waals surface area contributed by atoms with E-state index in [-0.39, 0.29) is 24.0 Å². The highest BCUT2D eigenvalue weighted by atomic mass is 16.5. The van der Waals surface area contributed by atoms with Gasteiger partial charge in [0.2, 0.25) is 11.8 Å². The van der Waals surface area contributed by atoms with Crippen molar-refractivity contribution in [2.45, 2.75) is 25.4 Å². The van der Waals surface area contributed by atoms with Gasteiger partial charge in [0.15, 0.2) is 0 Å². The van der Waals surface area contributed by atoms with Crippen LogP contribution in [0.25, 0.3) is 0 Å². The van der Waals surface area contributed by atoms with Crippen molar-refractivity contribution >= 4 is 11.8 Å². The lowest BCUT2D eigenvalue weighted by Crippen LogP contribution is -2.40. The van der Waals surface area contributed by atoms with Crippen molar-refractivity contribution in [3.8, 4) is 0 Å². The summed E-state index contributed by atoms with van der Waals surface area (Å²) < 4.78 is 5.45. The molecule has 0 spiro atoms. The topological polar surface area (TPSA) is 66.8 Å². The van der Waals surface area contributed by atoms with Crippen LogP contribution in [0.3, 0.4) is 0 Å². The Morgan fingerprint density at radius 1 is 1.27 bits per heavy atom. The maximum absolute atomic E-state index is 11.9. The summed E-state index contributed by atoms with van der Waals surface area (Å²) in [6, 6.07) is 0. The zero-order chi connectivity index (χ0) is 10.7. The summed E-state index contributed by atoms with van der Waals surface area (Å²) in [7, 11) is 0. The number of amides is 2. The molecule has 15 heavy (non-hydrogen) atoms. The van der Waals surface area contributed by atoms with E-state index in [2.05, 4.69) is 0 Å². The minimum absolute atomic E-state index is 0.278. The molecular weight excluding hydrogens is 198 g/mol. The second kappa shape index (κ2) is 2.68. The smallest absolute Gasteiger partial charge is 0.238 e. The number of aliphatic hydroxyl groups excluding tert-OH is 1. The van der Waals surface area contributed by atoms with Crippen molar-refractivity contribution in [2.75, 3.05) is 0 Å². The van der Waals surface area contributed by atoms with E-state index in [0.717, 1.165) is 4.90 Å². The van der Waals surface area contributed by atoms with Gasteiger partial charge < -0.3 is 9.84 Å². The highest BCUT2D eigenvalue weighted by Gasteiger charge is 2.61. The molecule has 0 aromatic rings. The zero-order valence-corrected chi connectivity index (χ0v) is 8.16. The van der Waals surface area contributed by atoms with Crippen LogP contribution in [0, 0.1) is 11.8 Å². The number of carbonyl (C=O) groups excluding carboxylic acids is 2. The molecule has 2 saturated heterocycles. The summed E-state index contributed by atoms with van der Waals surface area (Å²) in [6.07, 6.45) is 2.04. The van der Waals surface area contributed by atoms with Gasteiger partial charge in [-0.1, -0.05) is 12.2 Å². The molecule has 0 aromatic heterocycles. The first-order chi connectivity index (χ1) is 7.11. The number of rotatable bonds is 1. The van der Waals surface area contributed by atoms with Crippen LogP contribution < -0.4 is 0 Å². The highest BCUT2D eigenvalue weighted by Crippen LogP contribution is 2.45. The fourth-order valence-corrected chi connectivity index (χ4v) is 2.69. The minimum Gasteiger partial charge on any atom is -0.373 e. The predicted octanol–water partition coefficient (Wildman–Crippen LogP) is -0.737. The second-order valence-corrected chi connectivity index (χ2v) is 4.18. The summed E-state index contributed by atoms with van der Waals surface area (Å²) in [5.41, 5.74) is 0. The average Bonchev–Trinajstić information content (AvgIpc) is 2.79. The number of aliphatic hydroxyl groups is 1. The van der Waals surface area contributed by atoms with Gasteiger partial charge in [-0.15, -0.1) is 0 Å². The van der Waals surface area contributed by atoms with Crippen LogP contribution in [0.1, 0.15) is 6.92 Å². The Balaban J connectivity index is 2.00. The van der Waals surface area contributed by atoms with Crippen LogP contribution in [-0.4, -0.2) is 40.3 Å². The van der Waals surface area contributed by atoms with Gasteiger partial charge in [0.05, 0.1) is 24.0 Å². The molecule has 3 aliphatic heterocycles. The Kier molecular flexibility index (Phi) is 1.62. The van der Waals surface area contributed by atoms with Crippen molar-refractivity contribution in [2.24, 2.45) is 11.8 Å². The van der Waals surface area contributed by atoms with Crippen LogP contribution in [0.5, 0.6) is 0 Å². The molecule has 5 heteroatoms. The van der Waals surface area contributed by atoms with Crippen LogP contribution in [0.2, 0.25) is 0 Å². The first-order valence-electron chi connectivity index (χ1n) is 5.00. The lowest BCUT2D eigenvalue weighted by molar-refractivity contribution is -0.152. The molecule has 3 rings (SSSR count). The third kappa shape index (κ3) is 0.943. The van der Waals surface area contributed by atoms with E-state index in [1.807, 2.05) is 12.2 Å². The Morgan fingerprint density at radius 2 is 1.73 bits per heavy atom. The van der Waals surface area contributed by atoms with E-state index in [9.17, 15) is 14.7 Å². The number of hydrogen-bond acceptors (Lipinski definition) is 4. The quantitative estimate of drug-likeness (QED) is 0.456. The first-order valence-corrected chi connectivity index (χ1v) is 5.00. The first kappa shape index (κ1) is 9.06. The van der Waals surface area contributed by atoms with Crippen molar-refractivity contribution in [3.63, 3.8) is 0 Å². The van der Waals surface area contributed by atoms with Crippen LogP contribution in [-0.2, 0) is 14.3 Å². The second-order valence-electron chi connectivity index (χ2n) is 4.18. The number of nitrogens with zero attached hydrogens (tertiary/aromatic N) is 1. The number of carbonyl (C=O) groups is 2. The number of likely N-dealkylation sites (tertiary alicyclic amines) is 1. The minimum atomic E-state index is -1.05. The SMILES string of the molecule is CC(O)N1C(=O)C2C3C=CC(O3)C2C1=O. The van der Waals surface area contributed by atoms with E-state index < -0.39 is 18.1 Å². The summed E-state index contributed by atoms with van der Waals surface area (Å²) in [5, 5.41) is 9.36. The highest BCUT2D eigenvalue weighted by molar-refractivity contribution is 6.06. The molecule has 0 radical (unpaired) electrons. The Hall–Kier alpha value is -1.20. The van der Waals surface area contributed by atoms with Gasteiger partial charge in [0.1, 0.15) is 6.23 Å². The van der Waals surface area contributed by atoms with Gasteiger partial charge >= 0.3 is 0 Å². The third-order valence-corrected chi connectivity index (χ3v) is 3.32. The zero-order valence-electron chi connectivity index (χ0n) is 8.16. The molecule has 5 atom stereocenters. The molecular formula is C10H11NO4. The van der Waals surface area contributed by atoms with Crippen molar-refractivity contribution in [1.82, 2.24) is 4.90 Å². The van der Waals surface area contributed by atoms with Crippen LogP contribution in [0.4, 0.5) is 0 Å². The summed E-state index contributed by atoms with van der Waals surface area (Å²) in [5.74, 6) is -1.45. The standard InChI is InChI=1S/C10H11NO4/c1-4(12)11-9(13)7-5-2-3-6(15-5)8(7)10(11)14/h2-8,12H,1H3. The molecule has 1 N–H and O–H groups in total. The molecule has 80 valence electrons. The van der Waals surface area contributed by atoms with Gasteiger partial charge in [0.25, 0.3) is 0 Å². The largest absolute Gasteiger partial charge is 0.373 e. The lowest BCUT2D eigenvalue weighted by atomic mass is 9.85. The van der Waals surface area contributed by atoms with Crippen LogP contribution >= 0.6 is 0 Å². The van der Waals surface area contributed by atoms with Gasteiger partial charge in [-0.2, -0.15) is 0 Å². The van der Waals surface area contributed by atoms with E-state index in [0.29, 0.717) is 0 Å². The molecule has 3 heterocycles. The fraction of sp³-hybridized carbons (Fsp3) is 0.600. The maximum Gasteiger partial charge on any atom is 0.238 e. The Bertz CT molecular complexity index is 346. The molecule has 5 nitrogen and oxygen atoms in total. The summed E-state index contributed by atoms with van der Waals surface area (Å²) >= 11 is 0. The number of fused-ring (bicyclic) bond motifs is 5. The molecule has 0 aliphatic carbocycles. The van der Waals surface area contributed by atoms with Crippen molar-refractivity contribution in [3.05, 3.63) is 12.2 Å². The maximum atomic E-state index is 11.9.